The lowest BCUT2D eigenvalue weighted by molar-refractivity contribution is -0.135. The minimum atomic E-state index is -3.71. The number of rotatable bonds is 11. The monoisotopic (exact) mass is 588 g/mol. The summed E-state index contributed by atoms with van der Waals surface area (Å²) in [6.45, 7) is 8.49. The highest BCUT2D eigenvalue weighted by atomic mass is 32.2. The van der Waals surface area contributed by atoms with Gasteiger partial charge in [0.2, 0.25) is 15.9 Å². The topological polar surface area (TPSA) is 118 Å². The minimum Gasteiger partial charge on any atom is -0.497 e. The van der Waals surface area contributed by atoms with Crippen LogP contribution in [-0.2, 0) is 30.8 Å². The predicted octanol–water partition coefficient (Wildman–Crippen LogP) is 3.30. The van der Waals surface area contributed by atoms with Gasteiger partial charge in [-0.25, -0.2) is 13.2 Å². The van der Waals surface area contributed by atoms with E-state index in [9.17, 15) is 18.0 Å². The molecule has 1 aliphatic heterocycles. The molecule has 11 nitrogen and oxygen atoms in total. The van der Waals surface area contributed by atoms with Crippen LogP contribution in [0, 0.1) is 6.92 Å². The first-order chi connectivity index (χ1) is 19.2. The molecule has 1 aliphatic rings. The number of methoxy groups -OCH3 is 1. The van der Waals surface area contributed by atoms with Crippen molar-refractivity contribution < 1.29 is 32.2 Å². The summed E-state index contributed by atoms with van der Waals surface area (Å²) >= 11 is 0. The summed E-state index contributed by atoms with van der Waals surface area (Å²) in [6, 6.07) is 12.3. The lowest BCUT2D eigenvalue weighted by Gasteiger charge is -2.25. The standard InChI is InChI=1S/C29H40N4O7S/c1-21-18-24(38-7)12-13-25(21)41(36,37)32(6)16-17-39-20-26(34)31(5)19-22-8-10-23(11-9-22)27-30-14-15-33(27)28(35)40-29(2,3)4/h8-13,18H,14-17,19-20H2,1-7H3. The highest BCUT2D eigenvalue weighted by Gasteiger charge is 2.29. The molecule has 2 aromatic rings. The van der Waals surface area contributed by atoms with Crippen LogP contribution in [0.5, 0.6) is 5.75 Å². The molecule has 0 saturated heterocycles. The maximum Gasteiger partial charge on any atom is 0.416 e. The van der Waals surface area contributed by atoms with Gasteiger partial charge < -0.3 is 19.1 Å². The highest BCUT2D eigenvalue weighted by molar-refractivity contribution is 7.89. The third-order valence-electron chi connectivity index (χ3n) is 6.36. The van der Waals surface area contributed by atoms with Gasteiger partial charge >= 0.3 is 6.09 Å². The first-order valence-corrected chi connectivity index (χ1v) is 14.7. The van der Waals surface area contributed by atoms with E-state index >= 15 is 0 Å². The number of ether oxygens (including phenoxy) is 3. The van der Waals surface area contributed by atoms with E-state index in [4.69, 9.17) is 14.2 Å². The molecule has 3 rings (SSSR count). The number of sulfonamides is 1. The van der Waals surface area contributed by atoms with Gasteiger partial charge in [0, 0.05) is 32.7 Å². The van der Waals surface area contributed by atoms with Gasteiger partial charge in [-0.05, 0) is 57.0 Å². The predicted molar refractivity (Wildman–Crippen MR) is 156 cm³/mol. The van der Waals surface area contributed by atoms with Crippen molar-refractivity contribution in [1.29, 1.82) is 0 Å². The number of hydrogen-bond acceptors (Lipinski definition) is 8. The molecular formula is C29H40N4O7S. The van der Waals surface area contributed by atoms with Crippen molar-refractivity contribution in [2.75, 3.05) is 54.1 Å². The number of amides is 2. The number of carbonyl (C=O) groups excluding carboxylic acids is 2. The van der Waals surface area contributed by atoms with Crippen molar-refractivity contribution in [2.45, 2.75) is 44.7 Å². The van der Waals surface area contributed by atoms with Gasteiger partial charge in [-0.2, -0.15) is 4.31 Å². The summed E-state index contributed by atoms with van der Waals surface area (Å²) in [5.41, 5.74) is 1.67. The smallest absolute Gasteiger partial charge is 0.416 e. The van der Waals surface area contributed by atoms with Gasteiger partial charge in [-0.3, -0.25) is 14.7 Å². The summed E-state index contributed by atoms with van der Waals surface area (Å²) in [4.78, 5) is 32.9. The quantitative estimate of drug-likeness (QED) is 0.370. The number of benzene rings is 2. The number of amidine groups is 1. The molecule has 1 heterocycles. The van der Waals surface area contributed by atoms with E-state index in [0.717, 1.165) is 11.1 Å². The fraction of sp³-hybridized carbons (Fsp3) is 0.483. The Balaban J connectivity index is 1.47. The van der Waals surface area contributed by atoms with Crippen LogP contribution in [-0.4, -0.2) is 100 Å². The van der Waals surface area contributed by atoms with Crippen molar-refractivity contribution in [3.63, 3.8) is 0 Å². The Kier molecular flexibility index (Phi) is 10.5. The van der Waals surface area contributed by atoms with Crippen molar-refractivity contribution in [3.8, 4) is 5.75 Å². The molecule has 0 spiro atoms. The number of hydrogen-bond donors (Lipinski definition) is 0. The largest absolute Gasteiger partial charge is 0.497 e. The van der Waals surface area contributed by atoms with Gasteiger partial charge in [-0.15, -0.1) is 0 Å². The Hall–Kier alpha value is -3.48. The average molecular weight is 589 g/mol. The Bertz CT molecular complexity index is 1370. The van der Waals surface area contributed by atoms with Crippen LogP contribution in [0.25, 0.3) is 0 Å². The second-order valence-corrected chi connectivity index (χ2v) is 12.8. The van der Waals surface area contributed by atoms with Crippen LogP contribution in [0.3, 0.4) is 0 Å². The normalized spacial score (nSPS) is 13.8. The molecular weight excluding hydrogens is 548 g/mol. The molecule has 0 saturated carbocycles. The van der Waals surface area contributed by atoms with Gasteiger partial charge in [0.15, 0.2) is 0 Å². The summed E-state index contributed by atoms with van der Waals surface area (Å²) in [7, 11) is 0.961. The van der Waals surface area contributed by atoms with E-state index < -0.39 is 21.7 Å². The second kappa shape index (κ2) is 13.5. The maximum atomic E-state index is 12.9. The van der Waals surface area contributed by atoms with Crippen LogP contribution in [0.4, 0.5) is 4.79 Å². The molecule has 0 radical (unpaired) electrons. The molecule has 0 unspecified atom stereocenters. The maximum absolute atomic E-state index is 12.9. The molecule has 0 fully saturated rings. The molecule has 224 valence electrons. The van der Waals surface area contributed by atoms with Crippen LogP contribution >= 0.6 is 0 Å². The summed E-state index contributed by atoms with van der Waals surface area (Å²) in [6.07, 6.45) is -0.428. The molecule has 0 bridgehead atoms. The Morgan fingerprint density at radius 2 is 1.76 bits per heavy atom. The van der Waals surface area contributed by atoms with Gasteiger partial charge in [0.1, 0.15) is 23.8 Å². The molecule has 0 atom stereocenters. The van der Waals surface area contributed by atoms with Crippen LogP contribution in [0.1, 0.15) is 37.5 Å². The van der Waals surface area contributed by atoms with E-state index in [-0.39, 0.29) is 30.6 Å². The zero-order valence-corrected chi connectivity index (χ0v) is 25.7. The molecule has 41 heavy (non-hydrogen) atoms. The molecule has 2 aromatic carbocycles. The van der Waals surface area contributed by atoms with Gasteiger partial charge in [-0.1, -0.05) is 24.3 Å². The molecule has 0 aliphatic carbocycles. The summed E-state index contributed by atoms with van der Waals surface area (Å²) < 4.78 is 43.2. The minimum absolute atomic E-state index is 0.0649. The molecule has 0 aromatic heterocycles. The molecule has 12 heteroatoms. The lowest BCUT2D eigenvalue weighted by atomic mass is 10.1. The van der Waals surface area contributed by atoms with Crippen molar-refractivity contribution in [1.82, 2.24) is 14.1 Å². The Labute approximate surface area is 242 Å². The Morgan fingerprint density at radius 3 is 2.37 bits per heavy atom. The first-order valence-electron chi connectivity index (χ1n) is 13.3. The average Bonchev–Trinajstić information content (AvgIpc) is 3.40. The zero-order chi connectivity index (χ0) is 30.4. The third-order valence-corrected chi connectivity index (χ3v) is 8.38. The van der Waals surface area contributed by atoms with Gasteiger partial charge in [0.05, 0.1) is 31.7 Å². The fourth-order valence-electron chi connectivity index (χ4n) is 4.10. The SMILES string of the molecule is COc1ccc(S(=O)(=O)N(C)CCOCC(=O)N(C)Cc2ccc(C3=NCCN3C(=O)OC(C)(C)C)cc2)c(C)c1. The zero-order valence-electron chi connectivity index (χ0n) is 24.8. The van der Waals surface area contributed by atoms with Crippen molar-refractivity contribution in [3.05, 3.63) is 59.2 Å². The second-order valence-electron chi connectivity index (χ2n) is 10.8. The third kappa shape index (κ3) is 8.51. The Morgan fingerprint density at radius 1 is 1.07 bits per heavy atom. The van der Waals surface area contributed by atoms with E-state index in [1.165, 1.54) is 34.3 Å². The van der Waals surface area contributed by atoms with Crippen LogP contribution in [0.15, 0.2) is 52.4 Å². The van der Waals surface area contributed by atoms with E-state index in [0.29, 0.717) is 36.8 Å². The van der Waals surface area contributed by atoms with Crippen LogP contribution in [0.2, 0.25) is 0 Å². The number of nitrogens with zero attached hydrogens (tertiary/aromatic N) is 4. The summed E-state index contributed by atoms with van der Waals surface area (Å²) in [5, 5.41) is 0. The lowest BCUT2D eigenvalue weighted by Crippen LogP contribution is -2.39. The molecule has 2 amide bonds. The van der Waals surface area contributed by atoms with Crippen LogP contribution < -0.4 is 4.74 Å². The highest BCUT2D eigenvalue weighted by Crippen LogP contribution is 2.23. The number of aryl methyl sites for hydroxylation is 1. The fourth-order valence-corrected chi connectivity index (χ4v) is 5.46. The summed E-state index contributed by atoms with van der Waals surface area (Å²) in [5.74, 6) is 0.915. The van der Waals surface area contributed by atoms with Gasteiger partial charge in [0.25, 0.3) is 0 Å². The van der Waals surface area contributed by atoms with E-state index in [1.807, 2.05) is 45.0 Å². The van der Waals surface area contributed by atoms with Crippen molar-refractivity contribution in [2.24, 2.45) is 4.99 Å². The first kappa shape index (κ1) is 32.0. The van der Waals surface area contributed by atoms with E-state index in [1.54, 1.807) is 26.1 Å². The number of aliphatic imine (C=N–C) groups is 1. The number of carbonyl (C=O) groups is 2. The van der Waals surface area contributed by atoms with E-state index in [2.05, 4.69) is 4.99 Å². The number of likely N-dealkylation sites (N-methyl/N-ethyl adjacent to an activating group) is 2. The molecule has 0 N–H and O–H groups in total. The van der Waals surface area contributed by atoms with Crippen molar-refractivity contribution >= 4 is 27.9 Å².